The Bertz CT molecular complexity index is 240. The highest BCUT2D eigenvalue weighted by molar-refractivity contribution is 9.08. The Balaban J connectivity index is 3.41. The van der Waals surface area contributed by atoms with Crippen molar-refractivity contribution in [1.82, 2.24) is 3.59 Å². The second kappa shape index (κ2) is 2.16. The molecule has 0 saturated carbocycles. The molecule has 44 valence electrons. The molecule has 8 heavy (non-hydrogen) atoms. The van der Waals surface area contributed by atoms with Crippen LogP contribution in [0.25, 0.3) is 0 Å². The van der Waals surface area contributed by atoms with Gasteiger partial charge in [-0.1, -0.05) is 0 Å². The standard InChI is InChI=1S/C3H2BrNOS2/c4-5-2(6)1-8-3(5)7/h1,6H. The van der Waals surface area contributed by atoms with E-state index in [1.165, 1.54) is 14.9 Å². The summed E-state index contributed by atoms with van der Waals surface area (Å²) >= 11 is 9.08. The fraction of sp³-hybridized carbons (Fsp3) is 0. The van der Waals surface area contributed by atoms with Gasteiger partial charge in [0.1, 0.15) is 0 Å². The lowest BCUT2D eigenvalue weighted by Gasteiger charge is -1.84. The maximum atomic E-state index is 8.80. The number of aromatic hydroxyl groups is 1. The van der Waals surface area contributed by atoms with E-state index in [9.17, 15) is 0 Å². The normalized spacial score (nSPS) is 9.62. The molecule has 1 aromatic rings. The topological polar surface area (TPSA) is 25.2 Å². The summed E-state index contributed by atoms with van der Waals surface area (Å²) in [6, 6.07) is 0. The summed E-state index contributed by atoms with van der Waals surface area (Å²) in [4.78, 5) is 0. The lowest BCUT2D eigenvalue weighted by atomic mass is 10.9. The predicted octanol–water partition coefficient (Wildman–Crippen LogP) is 2.14. The maximum Gasteiger partial charge on any atom is 0.213 e. The molecule has 5 heteroatoms. The third-order valence-corrected chi connectivity index (χ3v) is 3.00. The largest absolute Gasteiger partial charge is 0.493 e. The van der Waals surface area contributed by atoms with Gasteiger partial charge >= 0.3 is 0 Å². The predicted molar refractivity (Wildman–Crippen MR) is 39.1 cm³/mol. The van der Waals surface area contributed by atoms with Gasteiger partial charge in [-0.25, -0.2) is 3.59 Å². The first-order valence-electron chi connectivity index (χ1n) is 1.77. The molecule has 1 aromatic heterocycles. The van der Waals surface area contributed by atoms with E-state index in [1.54, 1.807) is 5.38 Å². The number of thiazole rings is 1. The van der Waals surface area contributed by atoms with E-state index in [4.69, 9.17) is 17.3 Å². The summed E-state index contributed by atoms with van der Waals surface area (Å²) in [6.45, 7) is 0. The summed E-state index contributed by atoms with van der Waals surface area (Å²) in [5, 5.41) is 10.4. The first-order valence-corrected chi connectivity index (χ1v) is 3.77. The molecule has 0 aliphatic rings. The summed E-state index contributed by atoms with van der Waals surface area (Å²) in [5.41, 5.74) is 0. The molecule has 0 radical (unpaired) electrons. The second-order valence-electron chi connectivity index (χ2n) is 1.14. The quantitative estimate of drug-likeness (QED) is 0.666. The number of halogens is 1. The van der Waals surface area contributed by atoms with Crippen LogP contribution in [0.5, 0.6) is 5.88 Å². The van der Waals surface area contributed by atoms with Crippen LogP contribution in [0.15, 0.2) is 5.38 Å². The van der Waals surface area contributed by atoms with Crippen LogP contribution < -0.4 is 0 Å². The maximum absolute atomic E-state index is 8.80. The molecule has 2 nitrogen and oxygen atoms in total. The Morgan fingerprint density at radius 2 is 2.50 bits per heavy atom. The Morgan fingerprint density at radius 3 is 2.62 bits per heavy atom. The van der Waals surface area contributed by atoms with Crippen LogP contribution in [0.3, 0.4) is 0 Å². The zero-order chi connectivity index (χ0) is 6.15. The van der Waals surface area contributed by atoms with E-state index in [1.807, 2.05) is 0 Å². The Morgan fingerprint density at radius 1 is 1.88 bits per heavy atom. The van der Waals surface area contributed by atoms with Crippen LogP contribution in [0.2, 0.25) is 0 Å². The van der Waals surface area contributed by atoms with Crippen LogP contribution in [0.1, 0.15) is 0 Å². The van der Waals surface area contributed by atoms with Crippen LogP contribution in [-0.4, -0.2) is 8.70 Å². The zero-order valence-corrected chi connectivity index (χ0v) is 6.89. The minimum atomic E-state index is 0.153. The molecule has 1 heterocycles. The van der Waals surface area contributed by atoms with Gasteiger partial charge in [0.15, 0.2) is 3.95 Å². The molecule has 0 bridgehead atoms. The van der Waals surface area contributed by atoms with Gasteiger partial charge in [-0.3, -0.25) is 0 Å². The van der Waals surface area contributed by atoms with Crippen molar-refractivity contribution in [3.05, 3.63) is 9.33 Å². The smallest absolute Gasteiger partial charge is 0.213 e. The van der Waals surface area contributed by atoms with Crippen molar-refractivity contribution < 1.29 is 5.11 Å². The third-order valence-electron chi connectivity index (χ3n) is 0.627. The summed E-state index contributed by atoms with van der Waals surface area (Å²) < 4.78 is 1.98. The molecule has 0 saturated heterocycles. The van der Waals surface area contributed by atoms with Gasteiger partial charge in [-0.15, -0.1) is 11.3 Å². The van der Waals surface area contributed by atoms with Gasteiger partial charge in [0.2, 0.25) is 5.88 Å². The van der Waals surface area contributed by atoms with Gasteiger partial charge in [-0.05, 0) is 12.2 Å². The number of hydrogen-bond acceptors (Lipinski definition) is 3. The van der Waals surface area contributed by atoms with Gasteiger partial charge in [-0.2, -0.15) is 0 Å². The van der Waals surface area contributed by atoms with Gasteiger partial charge in [0, 0.05) is 0 Å². The lowest BCUT2D eigenvalue weighted by molar-refractivity contribution is 0.452. The van der Waals surface area contributed by atoms with Crippen molar-refractivity contribution in [2.24, 2.45) is 0 Å². The molecule has 0 aromatic carbocycles. The van der Waals surface area contributed by atoms with Crippen molar-refractivity contribution in [1.29, 1.82) is 0 Å². The van der Waals surface area contributed by atoms with Crippen LogP contribution in [0, 0.1) is 3.95 Å². The molecule has 0 spiro atoms. The van der Waals surface area contributed by atoms with Gasteiger partial charge in [0.05, 0.1) is 21.5 Å². The minimum Gasteiger partial charge on any atom is -0.493 e. The Hall–Kier alpha value is 0.130. The average Bonchev–Trinajstić information content (AvgIpc) is 1.98. The number of hydrogen-bond donors (Lipinski definition) is 1. The first-order chi connectivity index (χ1) is 3.72. The van der Waals surface area contributed by atoms with E-state index >= 15 is 0 Å². The fourth-order valence-corrected chi connectivity index (χ4v) is 1.51. The molecule has 0 unspecified atom stereocenters. The highest BCUT2D eigenvalue weighted by Gasteiger charge is 1.94. The molecule has 1 N–H and O–H groups in total. The molecule has 1 rings (SSSR count). The second-order valence-corrected chi connectivity index (χ2v) is 3.35. The van der Waals surface area contributed by atoms with E-state index < -0.39 is 0 Å². The van der Waals surface area contributed by atoms with Crippen molar-refractivity contribution in [2.75, 3.05) is 0 Å². The molecule has 0 aliphatic heterocycles. The van der Waals surface area contributed by atoms with Crippen LogP contribution >= 0.6 is 39.7 Å². The first kappa shape index (κ1) is 6.25. The van der Waals surface area contributed by atoms with E-state index in [-0.39, 0.29) is 5.88 Å². The van der Waals surface area contributed by atoms with Crippen LogP contribution in [0.4, 0.5) is 0 Å². The average molecular weight is 212 g/mol. The van der Waals surface area contributed by atoms with E-state index in [0.717, 1.165) is 0 Å². The minimum absolute atomic E-state index is 0.153. The number of aromatic nitrogens is 1. The summed E-state index contributed by atoms with van der Waals surface area (Å²) in [5.74, 6) is 0.153. The summed E-state index contributed by atoms with van der Waals surface area (Å²) in [6.07, 6.45) is 0. The van der Waals surface area contributed by atoms with Gasteiger partial charge in [0.25, 0.3) is 0 Å². The highest BCUT2D eigenvalue weighted by Crippen LogP contribution is 2.18. The van der Waals surface area contributed by atoms with E-state index in [2.05, 4.69) is 16.1 Å². The fourth-order valence-electron chi connectivity index (χ4n) is 0.289. The molecule has 0 atom stereocenters. The van der Waals surface area contributed by atoms with Crippen molar-refractivity contribution >= 4 is 39.7 Å². The molecular weight excluding hydrogens is 210 g/mol. The lowest BCUT2D eigenvalue weighted by Crippen LogP contribution is -1.71. The molecular formula is C3H2BrNOS2. The Labute approximate surface area is 63.7 Å². The van der Waals surface area contributed by atoms with Crippen molar-refractivity contribution in [2.45, 2.75) is 0 Å². The molecule has 0 amide bonds. The monoisotopic (exact) mass is 211 g/mol. The summed E-state index contributed by atoms with van der Waals surface area (Å²) in [7, 11) is 0. The third kappa shape index (κ3) is 0.936. The Kier molecular flexibility index (Phi) is 1.69. The number of rotatable bonds is 0. The number of nitrogens with zero attached hydrogens (tertiary/aromatic N) is 1. The zero-order valence-electron chi connectivity index (χ0n) is 3.67. The van der Waals surface area contributed by atoms with Crippen molar-refractivity contribution in [3.63, 3.8) is 0 Å². The van der Waals surface area contributed by atoms with E-state index in [0.29, 0.717) is 3.95 Å². The highest BCUT2D eigenvalue weighted by atomic mass is 79.9. The van der Waals surface area contributed by atoms with Crippen molar-refractivity contribution in [3.8, 4) is 5.88 Å². The van der Waals surface area contributed by atoms with Gasteiger partial charge < -0.3 is 5.11 Å². The molecule has 0 fully saturated rings. The SMILES string of the molecule is Oc1csc(=S)n1Br. The molecule has 0 aliphatic carbocycles. The van der Waals surface area contributed by atoms with Crippen LogP contribution in [-0.2, 0) is 0 Å².